The van der Waals surface area contributed by atoms with Crippen molar-refractivity contribution in [2.24, 2.45) is 0 Å². The van der Waals surface area contributed by atoms with Crippen molar-refractivity contribution in [3.63, 3.8) is 0 Å². The van der Waals surface area contributed by atoms with E-state index in [9.17, 15) is 19.2 Å². The molecule has 0 saturated carbocycles. The molecular weight excluding hydrogens is 472 g/mol. The second-order valence-corrected chi connectivity index (χ2v) is 9.37. The molecule has 2 rings (SSSR count). The molecule has 4 N–H and O–H groups in total. The zero-order valence-corrected chi connectivity index (χ0v) is 20.1. The van der Waals surface area contributed by atoms with Crippen molar-refractivity contribution in [3.05, 3.63) is 96.3 Å². The highest BCUT2D eigenvalue weighted by molar-refractivity contribution is 8.76. The minimum absolute atomic E-state index is 0.255. The van der Waals surface area contributed by atoms with Gasteiger partial charge >= 0.3 is 0 Å². The molecule has 0 aromatic heterocycles. The van der Waals surface area contributed by atoms with E-state index in [1.54, 1.807) is 58.0 Å². The average Bonchev–Trinajstić information content (AvgIpc) is 2.85. The molecule has 8 nitrogen and oxygen atoms in total. The van der Waals surface area contributed by atoms with Gasteiger partial charge in [0.25, 0.3) is 23.6 Å². The van der Waals surface area contributed by atoms with Gasteiger partial charge in [0.05, 0.1) is 0 Å². The van der Waals surface area contributed by atoms with Gasteiger partial charge in [-0.25, -0.2) is 0 Å². The Morgan fingerprint density at radius 2 is 1.00 bits per heavy atom. The zero-order valence-electron chi connectivity index (χ0n) is 18.5. The van der Waals surface area contributed by atoms with Gasteiger partial charge in [0, 0.05) is 46.8 Å². The smallest absolute Gasteiger partial charge is 0.255 e. The van der Waals surface area contributed by atoms with E-state index in [0.29, 0.717) is 46.8 Å². The first-order chi connectivity index (χ1) is 16.5. The van der Waals surface area contributed by atoms with Crippen molar-refractivity contribution < 1.29 is 19.2 Å². The van der Waals surface area contributed by atoms with E-state index in [1.165, 1.54) is 24.5 Å². The van der Waals surface area contributed by atoms with Crippen LogP contribution in [0.3, 0.4) is 0 Å². The molecule has 2 aromatic rings. The molecule has 2 aromatic carbocycles. The maximum absolute atomic E-state index is 12.3. The first-order valence-corrected chi connectivity index (χ1v) is 12.8. The summed E-state index contributed by atoms with van der Waals surface area (Å²) in [6.07, 6.45) is 2.58. The zero-order chi connectivity index (χ0) is 24.8. The average molecular weight is 499 g/mol. The molecule has 0 atom stereocenters. The van der Waals surface area contributed by atoms with E-state index in [1.807, 2.05) is 0 Å². The Kier molecular flexibility index (Phi) is 11.5. The van der Waals surface area contributed by atoms with Gasteiger partial charge < -0.3 is 21.3 Å². The van der Waals surface area contributed by atoms with Crippen LogP contribution in [0.2, 0.25) is 0 Å². The monoisotopic (exact) mass is 498 g/mol. The minimum Gasteiger partial charge on any atom is -0.351 e. The molecule has 0 radical (unpaired) electrons. The van der Waals surface area contributed by atoms with Crippen LogP contribution < -0.4 is 21.3 Å². The van der Waals surface area contributed by atoms with E-state index in [0.717, 1.165) is 0 Å². The predicted octanol–water partition coefficient (Wildman–Crippen LogP) is 2.97. The maximum atomic E-state index is 12.3. The number of rotatable bonds is 13. The number of amides is 4. The SMILES string of the molecule is C=CNC(=O)c1cccc(C(=O)NCCSSCCNC(=O)c2cccc(C(=O)NC=C)c2)c1. The lowest BCUT2D eigenvalue weighted by atomic mass is 10.1. The van der Waals surface area contributed by atoms with Crippen molar-refractivity contribution >= 4 is 45.2 Å². The summed E-state index contributed by atoms with van der Waals surface area (Å²) in [4.78, 5) is 48.2. The molecule has 0 bridgehead atoms. The van der Waals surface area contributed by atoms with Crippen molar-refractivity contribution in [1.82, 2.24) is 21.3 Å². The van der Waals surface area contributed by atoms with Crippen molar-refractivity contribution in [1.29, 1.82) is 0 Å². The summed E-state index contributed by atoms with van der Waals surface area (Å²) < 4.78 is 0. The van der Waals surface area contributed by atoms with Crippen LogP contribution in [0.1, 0.15) is 41.4 Å². The standard InChI is InChI=1S/C24H26N4O4S2/c1-3-25-21(29)17-7-5-9-19(15-17)23(31)27-11-13-33-34-14-12-28-24(32)20-10-6-8-18(16-20)22(30)26-4-2/h3-10,15-16H,1-2,11-14H2,(H,25,29)(H,26,30)(H,27,31)(H,28,32). The molecule has 0 saturated heterocycles. The quantitative estimate of drug-likeness (QED) is 0.249. The van der Waals surface area contributed by atoms with Gasteiger partial charge in [-0.05, 0) is 48.8 Å². The van der Waals surface area contributed by atoms with Crippen LogP contribution in [-0.2, 0) is 0 Å². The summed E-state index contributed by atoms with van der Waals surface area (Å²) >= 11 is 0. The van der Waals surface area contributed by atoms with Gasteiger partial charge in [0.15, 0.2) is 0 Å². The molecule has 0 aliphatic rings. The van der Waals surface area contributed by atoms with Crippen LogP contribution in [-0.4, -0.2) is 48.2 Å². The van der Waals surface area contributed by atoms with Gasteiger partial charge in [-0.1, -0.05) is 46.9 Å². The van der Waals surface area contributed by atoms with Gasteiger partial charge in [0.2, 0.25) is 0 Å². The van der Waals surface area contributed by atoms with Crippen molar-refractivity contribution in [2.75, 3.05) is 24.6 Å². The van der Waals surface area contributed by atoms with E-state index >= 15 is 0 Å². The molecule has 0 spiro atoms. The number of hydrogen-bond donors (Lipinski definition) is 4. The summed E-state index contributed by atoms with van der Waals surface area (Å²) in [7, 11) is 3.16. The summed E-state index contributed by atoms with van der Waals surface area (Å²) in [5.41, 5.74) is 1.57. The fraction of sp³-hybridized carbons (Fsp3) is 0.167. The van der Waals surface area contributed by atoms with Gasteiger partial charge in [0.1, 0.15) is 0 Å². The first kappa shape index (κ1) is 26.7. The second kappa shape index (κ2) is 14.6. The highest BCUT2D eigenvalue weighted by Crippen LogP contribution is 2.19. The van der Waals surface area contributed by atoms with Crippen LogP contribution in [0, 0.1) is 0 Å². The molecular formula is C24H26N4O4S2. The largest absolute Gasteiger partial charge is 0.351 e. The van der Waals surface area contributed by atoms with E-state index in [2.05, 4.69) is 34.4 Å². The highest BCUT2D eigenvalue weighted by Gasteiger charge is 2.10. The summed E-state index contributed by atoms with van der Waals surface area (Å²) in [5.74, 6) is 0.206. The lowest BCUT2D eigenvalue weighted by Crippen LogP contribution is -2.27. The minimum atomic E-state index is -0.324. The third-order valence-electron chi connectivity index (χ3n) is 4.27. The fourth-order valence-electron chi connectivity index (χ4n) is 2.69. The number of carbonyl (C=O) groups excluding carboxylic acids is 4. The van der Waals surface area contributed by atoms with Gasteiger partial charge in [-0.3, -0.25) is 19.2 Å². The topological polar surface area (TPSA) is 116 Å². The van der Waals surface area contributed by atoms with Crippen LogP contribution in [0.5, 0.6) is 0 Å². The molecule has 10 heteroatoms. The fourth-order valence-corrected chi connectivity index (χ4v) is 4.50. The Labute approximate surface area is 206 Å². The first-order valence-electron chi connectivity index (χ1n) is 10.3. The third-order valence-corrected chi connectivity index (χ3v) is 6.67. The molecule has 0 fully saturated rings. The normalized spacial score (nSPS) is 10.0. The molecule has 0 aliphatic heterocycles. The Hall–Kier alpha value is -3.50. The number of benzene rings is 2. The Balaban J connectivity index is 1.63. The molecule has 0 aliphatic carbocycles. The van der Waals surface area contributed by atoms with Gasteiger partial charge in [-0.2, -0.15) is 0 Å². The lowest BCUT2D eigenvalue weighted by Gasteiger charge is -2.08. The van der Waals surface area contributed by atoms with E-state index < -0.39 is 0 Å². The van der Waals surface area contributed by atoms with Gasteiger partial charge in [-0.15, -0.1) is 0 Å². The summed E-state index contributed by atoms with van der Waals surface area (Å²) in [6, 6.07) is 12.9. The molecule has 34 heavy (non-hydrogen) atoms. The Morgan fingerprint density at radius 1 is 0.647 bits per heavy atom. The summed E-state index contributed by atoms with van der Waals surface area (Å²) in [5, 5.41) is 10.6. The van der Waals surface area contributed by atoms with E-state index in [-0.39, 0.29) is 23.6 Å². The maximum Gasteiger partial charge on any atom is 0.255 e. The highest BCUT2D eigenvalue weighted by atomic mass is 33.1. The van der Waals surface area contributed by atoms with E-state index in [4.69, 9.17) is 0 Å². The van der Waals surface area contributed by atoms with Crippen LogP contribution in [0.25, 0.3) is 0 Å². The predicted molar refractivity (Wildman–Crippen MR) is 138 cm³/mol. The van der Waals surface area contributed by atoms with Crippen LogP contribution in [0.4, 0.5) is 0 Å². The summed E-state index contributed by atoms with van der Waals surface area (Å²) in [6.45, 7) is 7.82. The van der Waals surface area contributed by atoms with Crippen LogP contribution >= 0.6 is 21.6 Å². The second-order valence-electron chi connectivity index (χ2n) is 6.67. The Bertz CT molecular complexity index is 975. The molecule has 4 amide bonds. The lowest BCUT2D eigenvalue weighted by molar-refractivity contribution is 0.0944. The van der Waals surface area contributed by atoms with Crippen LogP contribution in [0.15, 0.2) is 74.1 Å². The third kappa shape index (κ3) is 8.80. The number of hydrogen-bond acceptors (Lipinski definition) is 6. The molecule has 0 unspecified atom stereocenters. The van der Waals surface area contributed by atoms with Crippen molar-refractivity contribution in [2.45, 2.75) is 0 Å². The van der Waals surface area contributed by atoms with Crippen molar-refractivity contribution in [3.8, 4) is 0 Å². The molecule has 178 valence electrons. The Morgan fingerprint density at radius 3 is 1.35 bits per heavy atom. The molecule has 0 heterocycles. The number of nitrogens with one attached hydrogen (secondary N) is 4. The number of carbonyl (C=O) groups is 4.